The second-order valence-electron chi connectivity index (χ2n) is 8.87. The lowest BCUT2D eigenvalue weighted by Crippen LogP contribution is -2.36. The van der Waals surface area contributed by atoms with Crippen LogP contribution in [0.4, 0.5) is 11.8 Å². The Balaban J connectivity index is 1.37. The van der Waals surface area contributed by atoms with Crippen molar-refractivity contribution in [2.45, 2.75) is 50.0 Å². The Morgan fingerprint density at radius 1 is 1.22 bits per heavy atom. The molecule has 2 aliphatic heterocycles. The number of pyridine rings is 1. The number of nitrogens with zero attached hydrogens (tertiary/aromatic N) is 6. The predicted octanol–water partition coefficient (Wildman–Crippen LogP) is 2.00. The van der Waals surface area contributed by atoms with Crippen molar-refractivity contribution in [3.63, 3.8) is 0 Å². The minimum atomic E-state index is -1.10. The fourth-order valence-electron chi connectivity index (χ4n) is 4.50. The zero-order valence-electron chi connectivity index (χ0n) is 18.4. The molecule has 2 aliphatic rings. The van der Waals surface area contributed by atoms with Crippen LogP contribution in [0.5, 0.6) is 0 Å². The quantitative estimate of drug-likeness (QED) is 0.543. The van der Waals surface area contributed by atoms with Crippen LogP contribution in [-0.4, -0.2) is 65.7 Å². The van der Waals surface area contributed by atoms with Gasteiger partial charge in [0.2, 0.25) is 10.8 Å². The van der Waals surface area contributed by atoms with Crippen LogP contribution >= 0.6 is 0 Å². The molecule has 1 fully saturated rings. The highest BCUT2D eigenvalue weighted by Crippen LogP contribution is 2.35. The highest BCUT2D eigenvalue weighted by Gasteiger charge is 2.34. The van der Waals surface area contributed by atoms with Crippen molar-refractivity contribution in [2.75, 3.05) is 35.7 Å². The van der Waals surface area contributed by atoms with Gasteiger partial charge in [0.15, 0.2) is 11.5 Å². The largest absolute Gasteiger partial charge is 0.611 e. The monoisotopic (exact) mass is 455 g/mol. The zero-order valence-corrected chi connectivity index (χ0v) is 19.3. The van der Waals surface area contributed by atoms with E-state index in [-0.39, 0.29) is 18.6 Å². The van der Waals surface area contributed by atoms with Crippen LogP contribution in [0.15, 0.2) is 29.3 Å². The average Bonchev–Trinajstić information content (AvgIpc) is 3.41. The molecule has 9 nitrogen and oxygen atoms in total. The summed E-state index contributed by atoms with van der Waals surface area (Å²) in [6.45, 7) is 5.73. The molecule has 0 bridgehead atoms. The Hall–Kier alpha value is -2.43. The molecule has 0 amide bonds. The SMILES string of the molecule is CC(C)[C@H](CO)Nc1nc(N2CCC(c3nnc4ccccn34)CC2)nc2c1[S+]([O-])CC2. The van der Waals surface area contributed by atoms with Crippen molar-refractivity contribution in [1.82, 2.24) is 24.6 Å². The molecule has 0 spiro atoms. The molecule has 0 aromatic carbocycles. The second kappa shape index (κ2) is 8.84. The maximum Gasteiger partial charge on any atom is 0.227 e. The average molecular weight is 456 g/mol. The maximum absolute atomic E-state index is 12.6. The number of aliphatic hydroxyl groups is 1. The van der Waals surface area contributed by atoms with Crippen molar-refractivity contribution in [3.8, 4) is 0 Å². The molecule has 5 rings (SSSR count). The lowest BCUT2D eigenvalue weighted by atomic mass is 9.96. The number of hydrogen-bond acceptors (Lipinski definition) is 8. The van der Waals surface area contributed by atoms with Gasteiger partial charge in [-0.25, -0.2) is 4.98 Å². The molecular formula is C22H29N7O2S. The van der Waals surface area contributed by atoms with E-state index in [2.05, 4.69) is 24.8 Å². The third-order valence-corrected chi connectivity index (χ3v) is 7.94. The number of aliphatic hydroxyl groups excluding tert-OH is 1. The summed E-state index contributed by atoms with van der Waals surface area (Å²) in [5.74, 6) is 3.43. The number of piperidine rings is 1. The minimum Gasteiger partial charge on any atom is -0.611 e. The number of rotatable bonds is 6. The molecule has 10 heteroatoms. The van der Waals surface area contributed by atoms with E-state index in [9.17, 15) is 9.66 Å². The van der Waals surface area contributed by atoms with Crippen LogP contribution in [0.25, 0.3) is 5.65 Å². The van der Waals surface area contributed by atoms with Crippen molar-refractivity contribution < 1.29 is 9.66 Å². The predicted molar refractivity (Wildman–Crippen MR) is 124 cm³/mol. The highest BCUT2D eigenvalue weighted by molar-refractivity contribution is 7.91. The molecule has 0 aliphatic carbocycles. The molecule has 1 saturated heterocycles. The Kier molecular flexibility index (Phi) is 5.92. The number of fused-ring (bicyclic) bond motifs is 2. The minimum absolute atomic E-state index is 0.00386. The van der Waals surface area contributed by atoms with E-state index in [4.69, 9.17) is 9.97 Å². The first-order chi connectivity index (χ1) is 15.5. The summed E-state index contributed by atoms with van der Waals surface area (Å²) in [5.41, 5.74) is 1.74. The third-order valence-electron chi connectivity index (χ3n) is 6.48. The van der Waals surface area contributed by atoms with Gasteiger partial charge in [-0.2, -0.15) is 4.98 Å². The summed E-state index contributed by atoms with van der Waals surface area (Å²) in [7, 11) is 0. The van der Waals surface area contributed by atoms with Gasteiger partial charge < -0.3 is 19.9 Å². The topological polar surface area (TPSA) is 115 Å². The van der Waals surface area contributed by atoms with Gasteiger partial charge in [0.1, 0.15) is 17.3 Å². The molecule has 5 heterocycles. The molecule has 170 valence electrons. The first-order valence-corrected chi connectivity index (χ1v) is 12.6. The first-order valence-electron chi connectivity index (χ1n) is 11.3. The fourth-order valence-corrected chi connectivity index (χ4v) is 5.81. The number of nitrogens with one attached hydrogen (secondary N) is 1. The Labute approximate surface area is 190 Å². The zero-order chi connectivity index (χ0) is 22.2. The van der Waals surface area contributed by atoms with Crippen molar-refractivity contribution in [1.29, 1.82) is 0 Å². The van der Waals surface area contributed by atoms with Crippen LogP contribution in [0, 0.1) is 5.92 Å². The van der Waals surface area contributed by atoms with Crippen LogP contribution in [-0.2, 0) is 17.6 Å². The molecular weight excluding hydrogens is 426 g/mol. The van der Waals surface area contributed by atoms with Gasteiger partial charge in [-0.3, -0.25) is 4.40 Å². The summed E-state index contributed by atoms with van der Waals surface area (Å²) in [6, 6.07) is 5.80. The summed E-state index contributed by atoms with van der Waals surface area (Å²) < 4.78 is 14.7. The van der Waals surface area contributed by atoms with Gasteiger partial charge in [-0.15, -0.1) is 10.2 Å². The van der Waals surface area contributed by atoms with E-state index in [1.165, 1.54) is 0 Å². The number of hydrogen-bond donors (Lipinski definition) is 2. The van der Waals surface area contributed by atoms with Crippen LogP contribution in [0.3, 0.4) is 0 Å². The molecule has 32 heavy (non-hydrogen) atoms. The van der Waals surface area contributed by atoms with Gasteiger partial charge in [0.05, 0.1) is 12.6 Å². The molecule has 3 aromatic heterocycles. The third kappa shape index (κ3) is 3.91. The van der Waals surface area contributed by atoms with Crippen LogP contribution in [0.1, 0.15) is 44.1 Å². The molecule has 2 atom stereocenters. The summed E-state index contributed by atoms with van der Waals surface area (Å²) in [6.07, 6.45) is 4.59. The van der Waals surface area contributed by atoms with Crippen LogP contribution < -0.4 is 10.2 Å². The van der Waals surface area contributed by atoms with E-state index >= 15 is 0 Å². The van der Waals surface area contributed by atoms with Crippen molar-refractivity contribution >= 4 is 28.6 Å². The number of anilines is 2. The van der Waals surface area contributed by atoms with Crippen molar-refractivity contribution in [2.24, 2.45) is 5.92 Å². The van der Waals surface area contributed by atoms with E-state index < -0.39 is 11.2 Å². The molecule has 0 saturated carbocycles. The first kappa shape index (κ1) is 21.4. The number of aromatic nitrogens is 5. The Morgan fingerprint density at radius 2 is 2.03 bits per heavy atom. The molecule has 0 radical (unpaired) electrons. The lowest BCUT2D eigenvalue weighted by molar-refractivity contribution is 0.248. The van der Waals surface area contributed by atoms with Crippen molar-refractivity contribution in [3.05, 3.63) is 35.9 Å². The smallest absolute Gasteiger partial charge is 0.227 e. The van der Waals surface area contributed by atoms with E-state index in [0.717, 1.165) is 43.1 Å². The Bertz CT molecular complexity index is 1100. The van der Waals surface area contributed by atoms with Gasteiger partial charge in [0, 0.05) is 31.6 Å². The summed E-state index contributed by atoms with van der Waals surface area (Å²) in [5, 5.41) is 21.9. The summed E-state index contributed by atoms with van der Waals surface area (Å²) >= 11 is -1.10. The standard InChI is InChI=1S/C22H29N7O2S/c1-14(2)17(13-30)23-20-19-16(8-12-32(19)31)24-22(25-20)28-10-6-15(7-11-28)21-27-26-18-5-3-4-9-29(18)21/h3-5,9,14-15,17,30H,6-8,10-13H2,1-2H3,(H,23,24,25)/t17-,32?/m0/s1. The molecule has 2 N–H and O–H groups in total. The fraction of sp³-hybridized carbons (Fsp3) is 0.545. The molecule has 1 unspecified atom stereocenters. The normalized spacial score (nSPS) is 20.2. The number of aryl methyl sites for hydroxylation is 1. The van der Waals surface area contributed by atoms with E-state index in [0.29, 0.717) is 34.8 Å². The second-order valence-corrected chi connectivity index (χ2v) is 10.4. The van der Waals surface area contributed by atoms with E-state index in [1.807, 2.05) is 38.2 Å². The van der Waals surface area contributed by atoms with E-state index in [1.54, 1.807) is 0 Å². The van der Waals surface area contributed by atoms with Crippen LogP contribution in [0.2, 0.25) is 0 Å². The van der Waals surface area contributed by atoms with Gasteiger partial charge in [0.25, 0.3) is 0 Å². The highest BCUT2D eigenvalue weighted by atomic mass is 32.2. The van der Waals surface area contributed by atoms with Gasteiger partial charge >= 0.3 is 0 Å². The van der Waals surface area contributed by atoms with Gasteiger partial charge in [-0.1, -0.05) is 19.9 Å². The Morgan fingerprint density at radius 3 is 2.78 bits per heavy atom. The summed E-state index contributed by atoms with van der Waals surface area (Å²) in [4.78, 5) is 12.5. The lowest BCUT2D eigenvalue weighted by Gasteiger charge is -2.32. The van der Waals surface area contributed by atoms with Gasteiger partial charge in [-0.05, 0) is 42.1 Å². The molecule has 3 aromatic rings. The maximum atomic E-state index is 12.6.